The SMILES string of the molecule is Cc1nc(C)c2ccn(C[C@H](O)[C@H](O)[C@H](O)CCC[C@H](O)c3ccc(F)cc3)c2n1. The van der Waals surface area contributed by atoms with Crippen LogP contribution in [0.4, 0.5) is 4.39 Å². The van der Waals surface area contributed by atoms with Gasteiger partial charge in [0, 0.05) is 11.6 Å². The van der Waals surface area contributed by atoms with Gasteiger partial charge in [0.2, 0.25) is 0 Å². The summed E-state index contributed by atoms with van der Waals surface area (Å²) in [5, 5.41) is 42.0. The Hall–Kier alpha value is -2.39. The van der Waals surface area contributed by atoms with E-state index in [-0.39, 0.29) is 18.8 Å². The molecule has 0 bridgehead atoms. The molecule has 8 heteroatoms. The van der Waals surface area contributed by atoms with E-state index < -0.39 is 24.4 Å². The molecule has 4 N–H and O–H groups in total. The van der Waals surface area contributed by atoms with Gasteiger partial charge in [-0.1, -0.05) is 12.1 Å². The highest BCUT2D eigenvalue weighted by atomic mass is 19.1. The summed E-state index contributed by atoms with van der Waals surface area (Å²) >= 11 is 0. The second kappa shape index (κ2) is 9.61. The van der Waals surface area contributed by atoms with Crippen molar-refractivity contribution in [3.05, 3.63) is 59.4 Å². The van der Waals surface area contributed by atoms with Crippen molar-refractivity contribution in [2.24, 2.45) is 0 Å². The largest absolute Gasteiger partial charge is 0.390 e. The minimum atomic E-state index is -1.34. The van der Waals surface area contributed by atoms with Gasteiger partial charge in [-0.15, -0.1) is 0 Å². The fourth-order valence-corrected chi connectivity index (χ4v) is 3.61. The quantitative estimate of drug-likeness (QED) is 0.425. The average Bonchev–Trinajstić information content (AvgIpc) is 3.10. The summed E-state index contributed by atoms with van der Waals surface area (Å²) < 4.78 is 14.7. The lowest BCUT2D eigenvalue weighted by atomic mass is 9.99. The molecular weight excluding hydrogens is 389 g/mol. The highest BCUT2D eigenvalue weighted by molar-refractivity contribution is 5.78. The number of fused-ring (bicyclic) bond motifs is 1. The zero-order valence-electron chi connectivity index (χ0n) is 17.1. The van der Waals surface area contributed by atoms with Crippen molar-refractivity contribution in [3.63, 3.8) is 0 Å². The molecule has 0 aliphatic heterocycles. The summed E-state index contributed by atoms with van der Waals surface area (Å²) in [7, 11) is 0. The number of rotatable bonds is 9. The van der Waals surface area contributed by atoms with Crippen LogP contribution in [0.1, 0.15) is 42.4 Å². The van der Waals surface area contributed by atoms with Crippen molar-refractivity contribution in [1.82, 2.24) is 14.5 Å². The highest BCUT2D eigenvalue weighted by Crippen LogP contribution is 2.22. The molecule has 4 atom stereocenters. The van der Waals surface area contributed by atoms with Gasteiger partial charge in [0.05, 0.1) is 24.4 Å². The number of hydrogen-bond acceptors (Lipinski definition) is 6. The van der Waals surface area contributed by atoms with Crippen molar-refractivity contribution in [1.29, 1.82) is 0 Å². The van der Waals surface area contributed by atoms with Crippen molar-refractivity contribution < 1.29 is 24.8 Å². The average molecular weight is 417 g/mol. The number of aliphatic hydroxyl groups excluding tert-OH is 4. The molecular formula is C22H28FN3O4. The summed E-state index contributed by atoms with van der Waals surface area (Å²) in [6, 6.07) is 7.46. The molecule has 0 amide bonds. The molecule has 0 saturated carbocycles. The highest BCUT2D eigenvalue weighted by Gasteiger charge is 2.25. The molecule has 0 unspecified atom stereocenters. The van der Waals surface area contributed by atoms with E-state index in [2.05, 4.69) is 9.97 Å². The minimum absolute atomic E-state index is 0.0792. The van der Waals surface area contributed by atoms with Crippen molar-refractivity contribution in [2.45, 2.75) is 64.1 Å². The summed E-state index contributed by atoms with van der Waals surface area (Å²) in [5.41, 5.74) is 2.10. The third-order valence-electron chi connectivity index (χ3n) is 5.33. The van der Waals surface area contributed by atoms with Crippen LogP contribution in [-0.2, 0) is 6.54 Å². The molecule has 0 saturated heterocycles. The van der Waals surface area contributed by atoms with Gasteiger partial charge in [-0.2, -0.15) is 0 Å². The number of aryl methyl sites for hydroxylation is 2. The van der Waals surface area contributed by atoms with Crippen LogP contribution >= 0.6 is 0 Å². The minimum Gasteiger partial charge on any atom is -0.390 e. The van der Waals surface area contributed by atoms with E-state index in [1.807, 2.05) is 13.0 Å². The van der Waals surface area contributed by atoms with Crippen LogP contribution in [0.3, 0.4) is 0 Å². The fraction of sp³-hybridized carbons (Fsp3) is 0.455. The monoisotopic (exact) mass is 417 g/mol. The fourth-order valence-electron chi connectivity index (χ4n) is 3.61. The van der Waals surface area contributed by atoms with E-state index in [1.165, 1.54) is 24.3 Å². The molecule has 0 aliphatic rings. The Kier molecular flexibility index (Phi) is 7.14. The number of halogens is 1. The maximum Gasteiger partial charge on any atom is 0.143 e. The number of hydrogen-bond donors (Lipinski definition) is 4. The number of aromatic nitrogens is 3. The van der Waals surface area contributed by atoms with Crippen LogP contribution in [0.2, 0.25) is 0 Å². The standard InChI is InChI=1S/C22H28FN3O4/c1-13-17-10-11-26(22(17)25-14(2)24-13)12-20(29)21(30)19(28)5-3-4-18(27)15-6-8-16(23)9-7-15/h6-11,18-21,27-30H,3-5,12H2,1-2H3/t18-,19+,20-,21+/m0/s1. The van der Waals surface area contributed by atoms with Crippen molar-refractivity contribution >= 4 is 11.0 Å². The van der Waals surface area contributed by atoms with Gasteiger partial charge in [0.15, 0.2) is 0 Å². The summed E-state index contributed by atoms with van der Waals surface area (Å²) in [6.45, 7) is 3.76. The lowest BCUT2D eigenvalue weighted by Crippen LogP contribution is -2.39. The molecule has 3 rings (SSSR count). The summed E-state index contributed by atoms with van der Waals surface area (Å²) in [5.74, 6) is 0.250. The third-order valence-corrected chi connectivity index (χ3v) is 5.33. The first-order chi connectivity index (χ1) is 14.3. The molecule has 0 fully saturated rings. The number of nitrogens with zero attached hydrogens (tertiary/aromatic N) is 3. The lowest BCUT2D eigenvalue weighted by Gasteiger charge is -2.24. The molecule has 0 spiro atoms. The first-order valence-electron chi connectivity index (χ1n) is 10.0. The van der Waals surface area contributed by atoms with Gasteiger partial charge >= 0.3 is 0 Å². The molecule has 162 valence electrons. The Morgan fingerprint density at radius 2 is 1.63 bits per heavy atom. The summed E-state index contributed by atoms with van der Waals surface area (Å²) in [6.07, 6.45) is -1.68. The second-order valence-electron chi connectivity index (χ2n) is 7.69. The van der Waals surface area contributed by atoms with E-state index >= 15 is 0 Å². The molecule has 30 heavy (non-hydrogen) atoms. The Bertz CT molecular complexity index is 976. The van der Waals surface area contributed by atoms with Gasteiger partial charge in [-0.3, -0.25) is 0 Å². The normalized spacial score (nSPS) is 15.8. The van der Waals surface area contributed by atoms with Gasteiger partial charge in [0.25, 0.3) is 0 Å². The maximum atomic E-state index is 13.0. The van der Waals surface area contributed by atoms with Gasteiger partial charge in [0.1, 0.15) is 29.5 Å². The van der Waals surface area contributed by atoms with E-state index in [4.69, 9.17) is 0 Å². The number of aliphatic hydroxyl groups is 4. The smallest absolute Gasteiger partial charge is 0.143 e. The maximum absolute atomic E-state index is 13.0. The molecule has 7 nitrogen and oxygen atoms in total. The lowest BCUT2D eigenvalue weighted by molar-refractivity contribution is -0.0677. The summed E-state index contributed by atoms with van der Waals surface area (Å²) in [4.78, 5) is 8.72. The Balaban J connectivity index is 1.53. The topological polar surface area (TPSA) is 112 Å². The van der Waals surface area contributed by atoms with E-state index in [0.717, 1.165) is 11.1 Å². The zero-order valence-corrected chi connectivity index (χ0v) is 17.1. The Morgan fingerprint density at radius 1 is 0.933 bits per heavy atom. The first kappa shape index (κ1) is 22.3. The molecule has 2 heterocycles. The van der Waals surface area contributed by atoms with E-state index in [0.29, 0.717) is 29.9 Å². The molecule has 1 aromatic carbocycles. The Morgan fingerprint density at radius 3 is 2.33 bits per heavy atom. The van der Waals surface area contributed by atoms with Crippen LogP contribution in [0.15, 0.2) is 36.5 Å². The second-order valence-corrected chi connectivity index (χ2v) is 7.69. The molecule has 0 aliphatic carbocycles. The van der Waals surface area contributed by atoms with Crippen LogP contribution in [0.5, 0.6) is 0 Å². The Labute approximate surface area is 174 Å². The van der Waals surface area contributed by atoms with E-state index in [1.54, 1.807) is 17.7 Å². The van der Waals surface area contributed by atoms with Crippen LogP contribution < -0.4 is 0 Å². The van der Waals surface area contributed by atoms with Gasteiger partial charge in [-0.05, 0) is 56.9 Å². The van der Waals surface area contributed by atoms with E-state index in [9.17, 15) is 24.8 Å². The van der Waals surface area contributed by atoms with Crippen LogP contribution in [0.25, 0.3) is 11.0 Å². The van der Waals surface area contributed by atoms with Crippen molar-refractivity contribution in [3.8, 4) is 0 Å². The number of benzene rings is 1. The predicted molar refractivity (Wildman–Crippen MR) is 110 cm³/mol. The van der Waals surface area contributed by atoms with Crippen LogP contribution in [0, 0.1) is 19.7 Å². The zero-order chi connectivity index (χ0) is 21.8. The van der Waals surface area contributed by atoms with Gasteiger partial charge < -0.3 is 25.0 Å². The molecule has 2 aromatic heterocycles. The first-order valence-corrected chi connectivity index (χ1v) is 10.0. The molecule has 0 radical (unpaired) electrons. The van der Waals surface area contributed by atoms with Crippen LogP contribution in [-0.4, -0.2) is 53.3 Å². The van der Waals surface area contributed by atoms with Crippen molar-refractivity contribution in [2.75, 3.05) is 0 Å². The third kappa shape index (κ3) is 5.20. The molecule has 3 aromatic rings. The predicted octanol–water partition coefficient (Wildman–Crippen LogP) is 2.17. The van der Waals surface area contributed by atoms with Gasteiger partial charge in [-0.25, -0.2) is 14.4 Å².